The van der Waals surface area contributed by atoms with Crippen molar-refractivity contribution in [3.63, 3.8) is 0 Å². The predicted octanol–water partition coefficient (Wildman–Crippen LogP) is 3.09. The van der Waals surface area contributed by atoms with Crippen LogP contribution in [0.4, 0.5) is 0 Å². The fourth-order valence-electron chi connectivity index (χ4n) is 2.33. The molecule has 5 nitrogen and oxygen atoms in total. The second kappa shape index (κ2) is 15.4. The summed E-state index contributed by atoms with van der Waals surface area (Å²) < 4.78 is 5.53. The van der Waals surface area contributed by atoms with Crippen LogP contribution < -0.4 is 10.6 Å². The van der Waals surface area contributed by atoms with Crippen LogP contribution in [0.1, 0.15) is 54.9 Å². The van der Waals surface area contributed by atoms with Gasteiger partial charge in [0.1, 0.15) is 0 Å². The smallest absolute Gasteiger partial charge is 0.191 e. The zero-order valence-corrected chi connectivity index (χ0v) is 18.5. The minimum absolute atomic E-state index is 0. The molecule has 0 aliphatic carbocycles. The molecule has 0 aromatic carbocycles. The van der Waals surface area contributed by atoms with Crippen molar-refractivity contribution in [3.8, 4) is 0 Å². The van der Waals surface area contributed by atoms with Crippen molar-refractivity contribution in [2.75, 3.05) is 32.8 Å². The van der Waals surface area contributed by atoms with Gasteiger partial charge in [-0.3, -0.25) is 9.89 Å². The van der Waals surface area contributed by atoms with Crippen molar-refractivity contribution >= 4 is 29.9 Å². The van der Waals surface area contributed by atoms with Gasteiger partial charge in [-0.1, -0.05) is 0 Å². The molecule has 140 valence electrons. The third-order valence-corrected chi connectivity index (χ3v) is 3.36. The van der Waals surface area contributed by atoms with Crippen LogP contribution in [0.15, 0.2) is 4.99 Å². The Balaban J connectivity index is 0. The van der Waals surface area contributed by atoms with Crippen molar-refractivity contribution in [1.82, 2.24) is 15.5 Å². The van der Waals surface area contributed by atoms with Gasteiger partial charge in [-0.15, -0.1) is 24.0 Å². The highest BCUT2D eigenvalue weighted by Crippen LogP contribution is 2.03. The standard InChI is InChI=1S/C17H38N4O.HI/c1-8-18-17(19-10-9-13-22-16(6)7)20-11-12-21(14(2)3)15(4)5;/h14-16H,8-13H2,1-7H3,(H2,18,19,20);1H. The SMILES string of the molecule is CCNC(=NCCCOC(C)C)NCCN(C(C)C)C(C)C.I. The number of nitrogens with one attached hydrogen (secondary N) is 2. The monoisotopic (exact) mass is 442 g/mol. The van der Waals surface area contributed by atoms with E-state index in [1.165, 1.54) is 0 Å². The number of guanidine groups is 1. The van der Waals surface area contributed by atoms with Crippen LogP contribution in [0.3, 0.4) is 0 Å². The first-order valence-electron chi connectivity index (χ1n) is 8.78. The van der Waals surface area contributed by atoms with Crippen molar-refractivity contribution in [1.29, 1.82) is 0 Å². The predicted molar refractivity (Wildman–Crippen MR) is 112 cm³/mol. The normalized spacial score (nSPS) is 12.2. The first kappa shape index (κ1) is 25.2. The third kappa shape index (κ3) is 14.0. The molecule has 0 aromatic rings. The lowest BCUT2D eigenvalue weighted by Crippen LogP contribution is -2.45. The van der Waals surface area contributed by atoms with E-state index in [0.29, 0.717) is 18.2 Å². The fraction of sp³-hybridized carbons (Fsp3) is 0.941. The highest BCUT2D eigenvalue weighted by molar-refractivity contribution is 14.0. The van der Waals surface area contributed by atoms with Gasteiger partial charge in [-0.05, 0) is 54.9 Å². The van der Waals surface area contributed by atoms with Crippen LogP contribution in [-0.4, -0.2) is 61.8 Å². The van der Waals surface area contributed by atoms with E-state index in [4.69, 9.17) is 4.74 Å². The molecule has 0 rings (SSSR count). The molecular formula is C17H39IN4O. The Kier molecular flexibility index (Phi) is 16.9. The zero-order chi connectivity index (χ0) is 17.0. The third-order valence-electron chi connectivity index (χ3n) is 3.36. The maximum atomic E-state index is 5.53. The molecule has 0 heterocycles. The second-order valence-electron chi connectivity index (χ2n) is 6.39. The molecule has 0 saturated heterocycles. The average Bonchev–Trinajstić information content (AvgIpc) is 2.41. The quantitative estimate of drug-likeness (QED) is 0.224. The van der Waals surface area contributed by atoms with Crippen LogP contribution in [0.25, 0.3) is 0 Å². The van der Waals surface area contributed by atoms with E-state index in [1.54, 1.807) is 0 Å². The van der Waals surface area contributed by atoms with E-state index in [-0.39, 0.29) is 24.0 Å². The van der Waals surface area contributed by atoms with Crippen LogP contribution in [0, 0.1) is 0 Å². The molecule has 0 radical (unpaired) electrons. The van der Waals surface area contributed by atoms with E-state index in [9.17, 15) is 0 Å². The van der Waals surface area contributed by atoms with Gasteiger partial charge in [0.2, 0.25) is 0 Å². The summed E-state index contributed by atoms with van der Waals surface area (Å²) in [6.45, 7) is 19.6. The van der Waals surface area contributed by atoms with Crippen molar-refractivity contribution in [3.05, 3.63) is 0 Å². The number of hydrogen-bond acceptors (Lipinski definition) is 3. The molecule has 0 spiro atoms. The molecule has 0 atom stereocenters. The van der Waals surface area contributed by atoms with Crippen LogP contribution in [-0.2, 0) is 4.74 Å². The number of ether oxygens (including phenoxy) is 1. The highest BCUT2D eigenvalue weighted by atomic mass is 127. The Morgan fingerprint density at radius 2 is 1.65 bits per heavy atom. The van der Waals surface area contributed by atoms with Gasteiger partial charge in [0.15, 0.2) is 5.96 Å². The summed E-state index contributed by atoms with van der Waals surface area (Å²) in [7, 11) is 0. The Bertz CT molecular complexity index is 288. The lowest BCUT2D eigenvalue weighted by Gasteiger charge is -2.30. The van der Waals surface area contributed by atoms with Crippen molar-refractivity contribution in [2.24, 2.45) is 4.99 Å². The molecule has 0 unspecified atom stereocenters. The minimum Gasteiger partial charge on any atom is -0.379 e. The van der Waals surface area contributed by atoms with E-state index in [2.05, 4.69) is 69.0 Å². The topological polar surface area (TPSA) is 48.9 Å². The maximum Gasteiger partial charge on any atom is 0.191 e. The first-order chi connectivity index (χ1) is 10.4. The number of halogens is 1. The van der Waals surface area contributed by atoms with Crippen LogP contribution in [0.2, 0.25) is 0 Å². The lowest BCUT2D eigenvalue weighted by atomic mass is 10.2. The second-order valence-corrected chi connectivity index (χ2v) is 6.39. The largest absolute Gasteiger partial charge is 0.379 e. The van der Waals surface area contributed by atoms with Gasteiger partial charge in [-0.25, -0.2) is 0 Å². The molecule has 0 fully saturated rings. The van der Waals surface area contributed by atoms with Crippen molar-refractivity contribution in [2.45, 2.75) is 73.1 Å². The highest BCUT2D eigenvalue weighted by Gasteiger charge is 2.12. The van der Waals surface area contributed by atoms with Gasteiger partial charge >= 0.3 is 0 Å². The van der Waals surface area contributed by atoms with E-state index < -0.39 is 0 Å². The molecule has 0 aromatic heterocycles. The summed E-state index contributed by atoms with van der Waals surface area (Å²) in [6.07, 6.45) is 1.26. The number of nitrogens with zero attached hydrogens (tertiary/aromatic N) is 2. The Hall–Kier alpha value is -0.0800. The van der Waals surface area contributed by atoms with Gasteiger partial charge in [-0.2, -0.15) is 0 Å². The van der Waals surface area contributed by atoms with Gasteiger partial charge in [0.25, 0.3) is 0 Å². The zero-order valence-electron chi connectivity index (χ0n) is 16.2. The van der Waals surface area contributed by atoms with Crippen LogP contribution in [0.5, 0.6) is 0 Å². The number of rotatable bonds is 11. The average molecular weight is 442 g/mol. The Morgan fingerprint density at radius 3 is 2.13 bits per heavy atom. The molecule has 0 saturated carbocycles. The van der Waals surface area contributed by atoms with Gasteiger partial charge in [0, 0.05) is 44.9 Å². The first-order valence-corrected chi connectivity index (χ1v) is 8.78. The van der Waals surface area contributed by atoms with E-state index >= 15 is 0 Å². The fourth-order valence-corrected chi connectivity index (χ4v) is 2.33. The molecule has 0 aliphatic rings. The molecular weight excluding hydrogens is 403 g/mol. The number of hydrogen-bond donors (Lipinski definition) is 2. The molecule has 0 bridgehead atoms. The van der Waals surface area contributed by atoms with Gasteiger partial charge in [0.05, 0.1) is 6.10 Å². The Morgan fingerprint density at radius 1 is 1.04 bits per heavy atom. The number of aliphatic imine (C=N–C) groups is 1. The lowest BCUT2D eigenvalue weighted by molar-refractivity contribution is 0.0782. The minimum atomic E-state index is 0. The van der Waals surface area contributed by atoms with E-state index in [0.717, 1.165) is 45.2 Å². The molecule has 23 heavy (non-hydrogen) atoms. The molecule has 6 heteroatoms. The summed E-state index contributed by atoms with van der Waals surface area (Å²) in [4.78, 5) is 7.07. The Labute approximate surface area is 161 Å². The summed E-state index contributed by atoms with van der Waals surface area (Å²) in [5, 5.41) is 6.71. The van der Waals surface area contributed by atoms with Gasteiger partial charge < -0.3 is 15.4 Å². The summed E-state index contributed by atoms with van der Waals surface area (Å²) >= 11 is 0. The summed E-state index contributed by atoms with van der Waals surface area (Å²) in [5.41, 5.74) is 0. The van der Waals surface area contributed by atoms with E-state index in [1.807, 2.05) is 0 Å². The summed E-state index contributed by atoms with van der Waals surface area (Å²) in [6, 6.07) is 1.13. The molecule has 2 N–H and O–H groups in total. The molecule has 0 amide bonds. The summed E-state index contributed by atoms with van der Waals surface area (Å²) in [5.74, 6) is 0.902. The van der Waals surface area contributed by atoms with Crippen LogP contribution >= 0.6 is 24.0 Å². The maximum absolute atomic E-state index is 5.53. The van der Waals surface area contributed by atoms with Crippen molar-refractivity contribution < 1.29 is 4.74 Å². The molecule has 0 aliphatic heterocycles.